The molecule has 0 saturated heterocycles. The predicted molar refractivity (Wildman–Crippen MR) is 119 cm³/mol. The van der Waals surface area contributed by atoms with E-state index in [2.05, 4.69) is 44.2 Å². The summed E-state index contributed by atoms with van der Waals surface area (Å²) in [6.07, 6.45) is 8.09. The minimum atomic E-state index is 0. The van der Waals surface area contributed by atoms with E-state index in [9.17, 15) is 0 Å². The Morgan fingerprint density at radius 2 is 0.769 bits per heavy atom. The standard InChI is InChI=1S/C20H14N4.H4Si.Sn.2H/c1-2-14-10-16-5-6-18(23-16)12-20-8-7-19(24-20)11-17-4-3-15(22-17)9-13(1)21-14;;;;/h1-12,21,24H;1H4;;;. The molecule has 2 N–H and O–H groups in total. The van der Waals surface area contributed by atoms with E-state index >= 15 is 0 Å². The SMILES string of the molecule is C1=Cc2cc3ccc(cc4nc(cc5ccc(cc1n2)[nH]5)C=C4)[nH]3.[SiH4].[SnH2]. The summed E-state index contributed by atoms with van der Waals surface area (Å²) < 4.78 is 0. The summed E-state index contributed by atoms with van der Waals surface area (Å²) in [6.45, 7) is 0. The van der Waals surface area contributed by atoms with Gasteiger partial charge in [0.1, 0.15) is 0 Å². The quantitative estimate of drug-likeness (QED) is 0.347. The van der Waals surface area contributed by atoms with E-state index in [-0.39, 0.29) is 34.9 Å². The van der Waals surface area contributed by atoms with Crippen molar-refractivity contribution in [1.82, 2.24) is 19.9 Å². The minimum absolute atomic E-state index is 0. The topological polar surface area (TPSA) is 57.4 Å². The van der Waals surface area contributed by atoms with Crippen LogP contribution in [0.1, 0.15) is 22.8 Å². The first kappa shape index (κ1) is 18.4. The molecule has 2 radical (unpaired) electrons. The molecule has 26 heavy (non-hydrogen) atoms. The van der Waals surface area contributed by atoms with E-state index in [4.69, 9.17) is 0 Å². The van der Waals surface area contributed by atoms with Crippen molar-refractivity contribution in [3.8, 4) is 0 Å². The van der Waals surface area contributed by atoms with E-state index in [1.165, 1.54) is 0 Å². The fourth-order valence-corrected chi connectivity index (χ4v) is 2.94. The van der Waals surface area contributed by atoms with Crippen molar-refractivity contribution in [1.29, 1.82) is 0 Å². The molecule has 3 aromatic heterocycles. The molecule has 3 aromatic rings. The Bertz CT molecular complexity index is 996. The van der Waals surface area contributed by atoms with Crippen LogP contribution in [0.15, 0.2) is 48.5 Å². The Kier molecular flexibility index (Phi) is 5.29. The summed E-state index contributed by atoms with van der Waals surface area (Å²) in [4.78, 5) is 16.0. The first-order valence-corrected chi connectivity index (χ1v) is 7.85. The predicted octanol–water partition coefficient (Wildman–Crippen LogP) is 2.29. The monoisotopic (exact) mass is 464 g/mol. The molecule has 2 aliphatic heterocycles. The number of H-pyrrole nitrogens is 2. The number of rotatable bonds is 0. The molecule has 0 saturated carbocycles. The van der Waals surface area contributed by atoms with Crippen LogP contribution in [0.3, 0.4) is 0 Å². The van der Waals surface area contributed by atoms with Crippen LogP contribution >= 0.6 is 0 Å². The Labute approximate surface area is 172 Å². The normalized spacial score (nSPS) is 11.7. The van der Waals surface area contributed by atoms with Gasteiger partial charge in [0.05, 0.1) is 22.8 Å². The third kappa shape index (κ3) is 3.73. The van der Waals surface area contributed by atoms with Crippen molar-refractivity contribution in [2.24, 2.45) is 0 Å². The molecule has 5 heterocycles. The van der Waals surface area contributed by atoms with Crippen LogP contribution in [-0.2, 0) is 0 Å². The van der Waals surface area contributed by atoms with Crippen molar-refractivity contribution in [2.75, 3.05) is 0 Å². The molecule has 128 valence electrons. The Morgan fingerprint density at radius 1 is 0.500 bits per heavy atom. The van der Waals surface area contributed by atoms with Gasteiger partial charge in [0.25, 0.3) is 0 Å². The molecule has 2 aliphatic rings. The zero-order valence-electron chi connectivity index (χ0n) is 13.5. The first-order chi connectivity index (χ1) is 11.8. The number of hydrogen-bond donors (Lipinski definition) is 2. The van der Waals surface area contributed by atoms with E-state index in [0.29, 0.717) is 0 Å². The van der Waals surface area contributed by atoms with Crippen LogP contribution in [0, 0.1) is 0 Å². The first-order valence-electron chi connectivity index (χ1n) is 7.85. The number of fused-ring (bicyclic) bond motifs is 8. The van der Waals surface area contributed by atoms with Gasteiger partial charge in [0.2, 0.25) is 0 Å². The van der Waals surface area contributed by atoms with Crippen LogP contribution in [0.5, 0.6) is 0 Å². The zero-order valence-corrected chi connectivity index (χ0v) is 17.6. The van der Waals surface area contributed by atoms with Crippen LogP contribution in [0.25, 0.3) is 46.4 Å². The molecule has 6 heteroatoms. The average molecular weight is 463 g/mol. The molecular weight excluding hydrogens is 443 g/mol. The van der Waals surface area contributed by atoms with Crippen molar-refractivity contribution >= 4 is 81.2 Å². The van der Waals surface area contributed by atoms with Gasteiger partial charge in [-0.2, -0.15) is 0 Å². The molecule has 4 nitrogen and oxygen atoms in total. The Hall–Kier alpha value is -2.38. The number of nitrogens with zero attached hydrogens (tertiary/aromatic N) is 2. The molecular formula is C20H20N4SiSn. The summed E-state index contributed by atoms with van der Waals surface area (Å²) in [7, 11) is 0. The van der Waals surface area contributed by atoms with E-state index < -0.39 is 0 Å². The Morgan fingerprint density at radius 3 is 1.04 bits per heavy atom. The van der Waals surface area contributed by atoms with E-state index in [1.807, 2.05) is 48.6 Å². The van der Waals surface area contributed by atoms with Gasteiger partial charge in [0.15, 0.2) is 0 Å². The van der Waals surface area contributed by atoms with Gasteiger partial charge in [-0.05, 0) is 83.8 Å². The Balaban J connectivity index is 0.000000980. The summed E-state index contributed by atoms with van der Waals surface area (Å²) >= 11 is 0. The van der Waals surface area contributed by atoms with Crippen molar-refractivity contribution in [3.63, 3.8) is 0 Å². The second-order valence-electron chi connectivity index (χ2n) is 5.91. The van der Waals surface area contributed by atoms with Crippen LogP contribution in [0.4, 0.5) is 0 Å². The molecule has 8 bridgehead atoms. The van der Waals surface area contributed by atoms with Crippen molar-refractivity contribution in [3.05, 3.63) is 71.3 Å². The number of aromatic amines is 2. The van der Waals surface area contributed by atoms with Crippen LogP contribution in [0.2, 0.25) is 0 Å². The molecule has 0 aliphatic carbocycles. The molecule has 0 fully saturated rings. The maximum atomic E-state index is 4.63. The van der Waals surface area contributed by atoms with Gasteiger partial charge in [-0.25, -0.2) is 9.97 Å². The van der Waals surface area contributed by atoms with Crippen LogP contribution in [-0.4, -0.2) is 54.8 Å². The number of nitrogens with one attached hydrogen (secondary N) is 2. The second kappa shape index (κ2) is 7.47. The van der Waals surface area contributed by atoms with Crippen molar-refractivity contribution < 1.29 is 0 Å². The summed E-state index contributed by atoms with van der Waals surface area (Å²) in [5.41, 5.74) is 7.86. The number of aromatic nitrogens is 4. The van der Waals surface area contributed by atoms with Gasteiger partial charge >= 0.3 is 23.9 Å². The maximum absolute atomic E-state index is 4.63. The summed E-state index contributed by atoms with van der Waals surface area (Å²) in [5.74, 6) is 0. The van der Waals surface area contributed by atoms with Gasteiger partial charge in [-0.15, -0.1) is 0 Å². The number of hydrogen-bond acceptors (Lipinski definition) is 2. The van der Waals surface area contributed by atoms with E-state index in [0.717, 1.165) is 44.8 Å². The molecule has 0 aromatic carbocycles. The van der Waals surface area contributed by atoms with Gasteiger partial charge < -0.3 is 9.97 Å². The van der Waals surface area contributed by atoms with Gasteiger partial charge in [-0.1, -0.05) is 0 Å². The zero-order chi connectivity index (χ0) is 15.9. The van der Waals surface area contributed by atoms with Crippen LogP contribution < -0.4 is 0 Å². The average Bonchev–Trinajstić information content (AvgIpc) is 3.32. The fourth-order valence-electron chi connectivity index (χ4n) is 2.94. The third-order valence-corrected chi connectivity index (χ3v) is 4.04. The molecule has 0 atom stereocenters. The summed E-state index contributed by atoms with van der Waals surface area (Å²) in [5, 5.41) is 0. The molecule has 5 rings (SSSR count). The van der Waals surface area contributed by atoms with Gasteiger partial charge in [0, 0.05) is 22.1 Å². The summed E-state index contributed by atoms with van der Waals surface area (Å²) in [6, 6.07) is 16.4. The molecule has 0 spiro atoms. The fraction of sp³-hybridized carbons (Fsp3) is 0. The molecule has 0 amide bonds. The molecule has 0 unspecified atom stereocenters. The van der Waals surface area contributed by atoms with Crippen molar-refractivity contribution in [2.45, 2.75) is 0 Å². The van der Waals surface area contributed by atoms with E-state index in [1.54, 1.807) is 0 Å². The third-order valence-electron chi connectivity index (χ3n) is 4.04. The second-order valence-corrected chi connectivity index (χ2v) is 5.91. The van der Waals surface area contributed by atoms with Gasteiger partial charge in [-0.3, -0.25) is 0 Å².